The molecule has 6 heteroatoms. The van der Waals surface area contributed by atoms with Crippen LogP contribution in [0.5, 0.6) is 0 Å². The molecule has 0 spiro atoms. The lowest BCUT2D eigenvalue weighted by molar-refractivity contribution is -0.119. The summed E-state index contributed by atoms with van der Waals surface area (Å²) in [6, 6.07) is 9.68. The summed E-state index contributed by atoms with van der Waals surface area (Å²) in [5, 5.41) is 12.5. The fourth-order valence-corrected chi connectivity index (χ4v) is 2.89. The van der Waals surface area contributed by atoms with Crippen molar-refractivity contribution < 1.29 is 9.21 Å². The van der Waals surface area contributed by atoms with Gasteiger partial charge in [0.1, 0.15) is 11.1 Å². The lowest BCUT2D eigenvalue weighted by Gasteiger charge is -2.22. The van der Waals surface area contributed by atoms with Crippen LogP contribution in [0.3, 0.4) is 0 Å². The van der Waals surface area contributed by atoms with Crippen LogP contribution in [0.4, 0.5) is 0 Å². The predicted octanol–water partition coefficient (Wildman–Crippen LogP) is 2.73. The Labute approximate surface area is 126 Å². The van der Waals surface area contributed by atoms with E-state index >= 15 is 0 Å². The summed E-state index contributed by atoms with van der Waals surface area (Å²) in [5.74, 6) is 0.301. The SMILES string of the molecule is CC(C#N)(NC(=O)CSc1nc2ccccc2o1)C1CC1. The Hall–Kier alpha value is -2.00. The topological polar surface area (TPSA) is 78.9 Å². The maximum Gasteiger partial charge on any atom is 0.257 e. The van der Waals surface area contributed by atoms with Crippen LogP contribution in [0.15, 0.2) is 33.9 Å². The van der Waals surface area contributed by atoms with Crippen LogP contribution in [0.2, 0.25) is 0 Å². The fourth-order valence-electron chi connectivity index (χ4n) is 2.25. The first-order valence-corrected chi connectivity index (χ1v) is 7.80. The van der Waals surface area contributed by atoms with Gasteiger partial charge in [-0.1, -0.05) is 23.9 Å². The Morgan fingerprint density at radius 1 is 1.57 bits per heavy atom. The van der Waals surface area contributed by atoms with Crippen LogP contribution >= 0.6 is 11.8 Å². The van der Waals surface area contributed by atoms with E-state index in [2.05, 4.69) is 16.4 Å². The summed E-state index contributed by atoms with van der Waals surface area (Å²) >= 11 is 1.24. The molecule has 1 fully saturated rings. The highest BCUT2D eigenvalue weighted by atomic mass is 32.2. The van der Waals surface area contributed by atoms with Crippen molar-refractivity contribution in [2.24, 2.45) is 5.92 Å². The number of thioether (sulfide) groups is 1. The molecule has 1 aliphatic rings. The van der Waals surface area contributed by atoms with Crippen molar-refractivity contribution in [1.29, 1.82) is 5.26 Å². The maximum atomic E-state index is 12.0. The van der Waals surface area contributed by atoms with Gasteiger partial charge < -0.3 is 9.73 Å². The molecular weight excluding hydrogens is 286 g/mol. The van der Waals surface area contributed by atoms with Gasteiger partial charge in [0.2, 0.25) is 5.91 Å². The minimum atomic E-state index is -0.751. The van der Waals surface area contributed by atoms with Crippen molar-refractivity contribution in [3.63, 3.8) is 0 Å². The second-order valence-electron chi connectivity index (χ2n) is 5.37. The smallest absolute Gasteiger partial charge is 0.257 e. The van der Waals surface area contributed by atoms with Gasteiger partial charge in [0.05, 0.1) is 11.8 Å². The number of hydrogen-bond acceptors (Lipinski definition) is 5. The summed E-state index contributed by atoms with van der Waals surface area (Å²) in [5.41, 5.74) is 0.736. The van der Waals surface area contributed by atoms with Gasteiger partial charge in [-0.05, 0) is 37.8 Å². The Morgan fingerprint density at radius 2 is 2.33 bits per heavy atom. The van der Waals surface area contributed by atoms with Crippen molar-refractivity contribution >= 4 is 28.8 Å². The van der Waals surface area contributed by atoms with Gasteiger partial charge >= 0.3 is 0 Å². The number of hydrogen-bond donors (Lipinski definition) is 1. The number of carbonyl (C=O) groups excluding carboxylic acids is 1. The summed E-state index contributed by atoms with van der Waals surface area (Å²) < 4.78 is 5.54. The number of rotatable bonds is 5. The molecule has 0 aliphatic heterocycles. The lowest BCUT2D eigenvalue weighted by atomic mass is 9.98. The number of amides is 1. The molecule has 3 rings (SSSR count). The monoisotopic (exact) mass is 301 g/mol. The fraction of sp³-hybridized carbons (Fsp3) is 0.400. The Morgan fingerprint density at radius 3 is 3.00 bits per heavy atom. The molecule has 1 N–H and O–H groups in total. The van der Waals surface area contributed by atoms with Gasteiger partial charge in [0, 0.05) is 0 Å². The van der Waals surface area contributed by atoms with E-state index in [-0.39, 0.29) is 17.6 Å². The maximum absolute atomic E-state index is 12.0. The van der Waals surface area contributed by atoms with Crippen LogP contribution in [0.1, 0.15) is 19.8 Å². The molecule has 0 radical (unpaired) electrons. The molecule has 1 aromatic heterocycles. The molecule has 1 unspecified atom stereocenters. The van der Waals surface area contributed by atoms with E-state index in [1.807, 2.05) is 24.3 Å². The number of benzene rings is 1. The number of aromatic nitrogens is 1. The van der Waals surface area contributed by atoms with E-state index in [9.17, 15) is 10.1 Å². The van der Waals surface area contributed by atoms with E-state index in [0.717, 1.165) is 18.4 Å². The van der Waals surface area contributed by atoms with Gasteiger partial charge in [-0.25, -0.2) is 4.98 Å². The standard InChI is InChI=1S/C15H15N3O2S/c1-15(9-16,10-6-7-10)18-13(19)8-21-14-17-11-4-2-3-5-12(11)20-14/h2-5,10H,6-8H2,1H3,(H,18,19). The average molecular weight is 301 g/mol. The molecule has 21 heavy (non-hydrogen) atoms. The Kier molecular flexibility index (Phi) is 3.60. The summed E-state index contributed by atoms with van der Waals surface area (Å²) in [6.45, 7) is 1.78. The highest BCUT2D eigenvalue weighted by molar-refractivity contribution is 7.99. The van der Waals surface area contributed by atoms with Gasteiger partial charge in [0.25, 0.3) is 5.22 Å². The molecule has 1 saturated carbocycles. The number of nitrogens with zero attached hydrogens (tertiary/aromatic N) is 2. The zero-order chi connectivity index (χ0) is 14.9. The quantitative estimate of drug-likeness (QED) is 0.859. The highest BCUT2D eigenvalue weighted by Gasteiger charge is 2.42. The third-order valence-electron chi connectivity index (χ3n) is 3.63. The van der Waals surface area contributed by atoms with Gasteiger partial charge in [-0.15, -0.1) is 0 Å². The van der Waals surface area contributed by atoms with Gasteiger partial charge in [-0.2, -0.15) is 5.26 Å². The summed E-state index contributed by atoms with van der Waals surface area (Å²) in [6.07, 6.45) is 2.01. The van der Waals surface area contributed by atoms with E-state index in [4.69, 9.17) is 4.42 Å². The first kappa shape index (κ1) is 14.0. The number of para-hydroxylation sites is 2. The normalized spacial score (nSPS) is 17.1. The van der Waals surface area contributed by atoms with Crippen molar-refractivity contribution in [2.75, 3.05) is 5.75 Å². The second-order valence-corrected chi connectivity index (χ2v) is 6.30. The molecule has 0 saturated heterocycles. The van der Waals surface area contributed by atoms with E-state index in [1.54, 1.807) is 6.92 Å². The van der Waals surface area contributed by atoms with E-state index in [0.29, 0.717) is 10.8 Å². The zero-order valence-electron chi connectivity index (χ0n) is 11.6. The number of nitriles is 1. The zero-order valence-corrected chi connectivity index (χ0v) is 12.4. The summed E-state index contributed by atoms with van der Waals surface area (Å²) in [4.78, 5) is 16.3. The van der Waals surface area contributed by atoms with Crippen LogP contribution in [-0.4, -0.2) is 22.2 Å². The molecular formula is C15H15N3O2S. The molecule has 1 aliphatic carbocycles. The van der Waals surface area contributed by atoms with Crippen molar-refractivity contribution in [3.8, 4) is 6.07 Å². The minimum absolute atomic E-state index is 0.168. The van der Waals surface area contributed by atoms with Crippen LogP contribution in [0.25, 0.3) is 11.1 Å². The predicted molar refractivity (Wildman–Crippen MR) is 79.6 cm³/mol. The van der Waals surface area contributed by atoms with Gasteiger partial charge in [0.15, 0.2) is 5.58 Å². The summed E-state index contributed by atoms with van der Waals surface area (Å²) in [7, 11) is 0. The number of fused-ring (bicyclic) bond motifs is 1. The number of oxazole rings is 1. The third-order valence-corrected chi connectivity index (χ3v) is 4.45. The third kappa shape index (κ3) is 3.03. The molecule has 1 heterocycles. The first-order chi connectivity index (χ1) is 10.1. The number of nitrogens with one attached hydrogen (secondary N) is 1. The first-order valence-electron chi connectivity index (χ1n) is 6.81. The number of carbonyl (C=O) groups is 1. The van der Waals surface area contributed by atoms with Crippen molar-refractivity contribution in [3.05, 3.63) is 24.3 Å². The Bertz CT molecular complexity index is 684. The van der Waals surface area contributed by atoms with Crippen molar-refractivity contribution in [1.82, 2.24) is 10.3 Å². The average Bonchev–Trinajstić information content (AvgIpc) is 3.25. The van der Waals surface area contributed by atoms with Crippen LogP contribution in [-0.2, 0) is 4.79 Å². The van der Waals surface area contributed by atoms with E-state index < -0.39 is 5.54 Å². The molecule has 1 amide bonds. The highest BCUT2D eigenvalue weighted by Crippen LogP contribution is 2.39. The van der Waals surface area contributed by atoms with Gasteiger partial charge in [-0.3, -0.25) is 4.79 Å². The second kappa shape index (κ2) is 5.41. The largest absolute Gasteiger partial charge is 0.431 e. The minimum Gasteiger partial charge on any atom is -0.431 e. The molecule has 108 valence electrons. The van der Waals surface area contributed by atoms with E-state index in [1.165, 1.54) is 11.8 Å². The Balaban J connectivity index is 1.59. The lowest BCUT2D eigenvalue weighted by Crippen LogP contribution is -2.47. The van der Waals surface area contributed by atoms with Crippen LogP contribution < -0.4 is 5.32 Å². The molecule has 1 atom stereocenters. The van der Waals surface area contributed by atoms with Crippen LogP contribution in [0, 0.1) is 17.2 Å². The molecule has 1 aromatic carbocycles. The molecule has 2 aromatic rings. The molecule has 0 bridgehead atoms. The molecule has 5 nitrogen and oxygen atoms in total. The van der Waals surface area contributed by atoms with Crippen molar-refractivity contribution in [2.45, 2.75) is 30.5 Å².